The molecule has 5 nitrogen and oxygen atoms in total. The van der Waals surface area contributed by atoms with E-state index in [9.17, 15) is 4.79 Å². The van der Waals surface area contributed by atoms with Crippen molar-refractivity contribution in [2.45, 2.75) is 0 Å². The topological polar surface area (TPSA) is 71.2 Å². The highest BCUT2D eigenvalue weighted by Gasteiger charge is 2.09. The standard InChI is InChI=1S/C9H14N4O/c1-13(9(14)12-7-5-10)8-4-2-3-6-11-8/h2-4,6H,5,7,10H2,1H3,(H,12,14). The molecule has 5 heteroatoms. The van der Waals surface area contributed by atoms with Crippen LogP contribution in [0.4, 0.5) is 10.6 Å². The maximum absolute atomic E-state index is 11.4. The molecule has 0 aromatic carbocycles. The van der Waals surface area contributed by atoms with Crippen molar-refractivity contribution in [1.29, 1.82) is 0 Å². The Hall–Kier alpha value is -1.62. The first kappa shape index (κ1) is 10.5. The molecule has 76 valence electrons. The summed E-state index contributed by atoms with van der Waals surface area (Å²) in [6.45, 7) is 0.901. The van der Waals surface area contributed by atoms with Crippen molar-refractivity contribution in [3.05, 3.63) is 24.4 Å². The van der Waals surface area contributed by atoms with E-state index in [1.165, 1.54) is 4.90 Å². The Bertz CT molecular complexity index is 288. The van der Waals surface area contributed by atoms with Gasteiger partial charge in [0.15, 0.2) is 0 Å². The Morgan fingerprint density at radius 3 is 3.00 bits per heavy atom. The number of urea groups is 1. The molecule has 1 heterocycles. The number of carbonyl (C=O) groups is 1. The third-order valence-corrected chi connectivity index (χ3v) is 1.72. The lowest BCUT2D eigenvalue weighted by Gasteiger charge is -2.16. The molecule has 1 aromatic rings. The monoisotopic (exact) mass is 194 g/mol. The summed E-state index contributed by atoms with van der Waals surface area (Å²) in [5, 5.41) is 2.65. The van der Waals surface area contributed by atoms with Crippen LogP contribution in [0.1, 0.15) is 0 Å². The first-order chi connectivity index (χ1) is 6.75. The number of hydrogen-bond donors (Lipinski definition) is 2. The highest BCUT2D eigenvalue weighted by molar-refractivity contribution is 5.90. The molecule has 0 bridgehead atoms. The van der Waals surface area contributed by atoms with Crippen LogP contribution in [0.5, 0.6) is 0 Å². The van der Waals surface area contributed by atoms with Crippen molar-refractivity contribution in [2.75, 3.05) is 25.0 Å². The number of anilines is 1. The second-order valence-electron chi connectivity index (χ2n) is 2.77. The highest BCUT2D eigenvalue weighted by atomic mass is 16.2. The Kier molecular flexibility index (Phi) is 3.87. The number of aromatic nitrogens is 1. The van der Waals surface area contributed by atoms with Crippen LogP contribution >= 0.6 is 0 Å². The number of hydrogen-bond acceptors (Lipinski definition) is 3. The zero-order valence-corrected chi connectivity index (χ0v) is 8.10. The maximum Gasteiger partial charge on any atom is 0.322 e. The van der Waals surface area contributed by atoms with Crippen molar-refractivity contribution in [1.82, 2.24) is 10.3 Å². The number of amides is 2. The summed E-state index contributed by atoms with van der Waals surface area (Å²) < 4.78 is 0. The fourth-order valence-electron chi connectivity index (χ4n) is 0.954. The van der Waals surface area contributed by atoms with Gasteiger partial charge in [-0.15, -0.1) is 0 Å². The quantitative estimate of drug-likeness (QED) is 0.721. The van der Waals surface area contributed by atoms with Crippen molar-refractivity contribution >= 4 is 11.8 Å². The van der Waals surface area contributed by atoms with E-state index in [-0.39, 0.29) is 6.03 Å². The van der Waals surface area contributed by atoms with Gasteiger partial charge in [0.05, 0.1) is 0 Å². The van der Waals surface area contributed by atoms with Crippen LogP contribution in [-0.4, -0.2) is 31.2 Å². The minimum absolute atomic E-state index is 0.200. The van der Waals surface area contributed by atoms with Crippen LogP contribution in [0.2, 0.25) is 0 Å². The highest BCUT2D eigenvalue weighted by Crippen LogP contribution is 2.05. The van der Waals surface area contributed by atoms with Crippen LogP contribution in [0.15, 0.2) is 24.4 Å². The Morgan fingerprint density at radius 2 is 2.43 bits per heavy atom. The fraction of sp³-hybridized carbons (Fsp3) is 0.333. The van der Waals surface area contributed by atoms with E-state index in [1.807, 2.05) is 6.07 Å². The molecule has 0 saturated carbocycles. The van der Waals surface area contributed by atoms with E-state index in [0.717, 1.165) is 0 Å². The first-order valence-electron chi connectivity index (χ1n) is 4.38. The molecular weight excluding hydrogens is 180 g/mol. The number of nitrogens with two attached hydrogens (primary N) is 1. The number of rotatable bonds is 3. The average molecular weight is 194 g/mol. The third kappa shape index (κ3) is 2.70. The molecule has 0 unspecified atom stereocenters. The van der Waals surface area contributed by atoms with Gasteiger partial charge >= 0.3 is 6.03 Å². The molecule has 0 aliphatic rings. The second-order valence-corrected chi connectivity index (χ2v) is 2.77. The summed E-state index contributed by atoms with van der Waals surface area (Å²) in [6.07, 6.45) is 1.64. The molecular formula is C9H14N4O. The predicted molar refractivity (Wildman–Crippen MR) is 55.1 cm³/mol. The molecule has 0 atom stereocenters. The maximum atomic E-state index is 11.4. The molecule has 1 rings (SSSR count). The van der Waals surface area contributed by atoms with Crippen LogP contribution in [-0.2, 0) is 0 Å². The molecule has 0 saturated heterocycles. The van der Waals surface area contributed by atoms with Crippen LogP contribution in [0.3, 0.4) is 0 Å². The van der Waals surface area contributed by atoms with Gasteiger partial charge in [-0.1, -0.05) is 6.07 Å². The van der Waals surface area contributed by atoms with E-state index < -0.39 is 0 Å². The number of nitrogens with one attached hydrogen (secondary N) is 1. The van der Waals surface area contributed by atoms with Gasteiger partial charge in [-0.2, -0.15) is 0 Å². The third-order valence-electron chi connectivity index (χ3n) is 1.72. The van der Waals surface area contributed by atoms with Gasteiger partial charge in [0.25, 0.3) is 0 Å². The Balaban J connectivity index is 2.57. The summed E-state index contributed by atoms with van der Waals surface area (Å²) in [5.74, 6) is 0.613. The number of nitrogens with zero attached hydrogens (tertiary/aromatic N) is 2. The molecule has 3 N–H and O–H groups in total. The minimum Gasteiger partial charge on any atom is -0.336 e. The van der Waals surface area contributed by atoms with Gasteiger partial charge in [0, 0.05) is 26.3 Å². The van der Waals surface area contributed by atoms with E-state index in [0.29, 0.717) is 18.9 Å². The molecule has 0 aliphatic carbocycles. The zero-order valence-electron chi connectivity index (χ0n) is 8.10. The van der Waals surface area contributed by atoms with Crippen molar-refractivity contribution in [3.63, 3.8) is 0 Å². The van der Waals surface area contributed by atoms with Gasteiger partial charge in [0.1, 0.15) is 5.82 Å². The molecule has 0 aliphatic heterocycles. The van der Waals surface area contributed by atoms with Crippen molar-refractivity contribution in [3.8, 4) is 0 Å². The summed E-state index contributed by atoms with van der Waals surface area (Å²) in [5.41, 5.74) is 5.27. The lowest BCUT2D eigenvalue weighted by atomic mass is 10.4. The van der Waals surface area contributed by atoms with Gasteiger partial charge in [0.2, 0.25) is 0 Å². The molecule has 0 radical (unpaired) electrons. The van der Waals surface area contributed by atoms with Crippen LogP contribution in [0, 0.1) is 0 Å². The van der Waals surface area contributed by atoms with Gasteiger partial charge in [-0.25, -0.2) is 9.78 Å². The summed E-state index contributed by atoms with van der Waals surface area (Å²) >= 11 is 0. The molecule has 0 spiro atoms. The minimum atomic E-state index is -0.200. The van der Waals surface area contributed by atoms with Gasteiger partial charge < -0.3 is 11.1 Å². The Morgan fingerprint density at radius 1 is 1.64 bits per heavy atom. The van der Waals surface area contributed by atoms with Gasteiger partial charge in [-0.05, 0) is 12.1 Å². The lowest BCUT2D eigenvalue weighted by molar-refractivity contribution is 0.247. The normalized spacial score (nSPS) is 9.57. The molecule has 2 amide bonds. The fourth-order valence-corrected chi connectivity index (χ4v) is 0.954. The molecule has 14 heavy (non-hydrogen) atoms. The van der Waals surface area contributed by atoms with Crippen molar-refractivity contribution < 1.29 is 4.79 Å². The van der Waals surface area contributed by atoms with Crippen molar-refractivity contribution in [2.24, 2.45) is 5.73 Å². The van der Waals surface area contributed by atoms with Crippen LogP contribution < -0.4 is 16.0 Å². The summed E-state index contributed by atoms with van der Waals surface area (Å²) in [6, 6.07) is 5.20. The van der Waals surface area contributed by atoms with E-state index in [1.54, 1.807) is 25.4 Å². The van der Waals surface area contributed by atoms with Gasteiger partial charge in [-0.3, -0.25) is 4.90 Å². The van der Waals surface area contributed by atoms with E-state index in [4.69, 9.17) is 5.73 Å². The smallest absolute Gasteiger partial charge is 0.322 e. The SMILES string of the molecule is CN(C(=O)NCCN)c1ccccn1. The predicted octanol–water partition coefficient (Wildman–Crippen LogP) is 0.186. The molecule has 1 aromatic heterocycles. The molecule has 0 fully saturated rings. The average Bonchev–Trinajstić information content (AvgIpc) is 2.26. The zero-order chi connectivity index (χ0) is 10.4. The second kappa shape index (κ2) is 5.18. The largest absolute Gasteiger partial charge is 0.336 e. The summed E-state index contributed by atoms with van der Waals surface area (Å²) in [4.78, 5) is 16.9. The number of carbonyl (C=O) groups excluding carboxylic acids is 1. The Labute approximate surface area is 82.9 Å². The summed E-state index contributed by atoms with van der Waals surface area (Å²) in [7, 11) is 1.66. The van der Waals surface area contributed by atoms with E-state index in [2.05, 4.69) is 10.3 Å². The first-order valence-corrected chi connectivity index (χ1v) is 4.38. The van der Waals surface area contributed by atoms with E-state index >= 15 is 0 Å². The van der Waals surface area contributed by atoms with Crippen LogP contribution in [0.25, 0.3) is 0 Å². The number of pyridine rings is 1. The lowest BCUT2D eigenvalue weighted by Crippen LogP contribution is -2.39.